The minimum Gasteiger partial charge on any atom is -0.361 e. The van der Waals surface area contributed by atoms with Crippen LogP contribution in [0.2, 0.25) is 0 Å². The third-order valence-electron chi connectivity index (χ3n) is 5.60. The third kappa shape index (κ3) is 3.82. The lowest BCUT2D eigenvalue weighted by atomic mass is 9.94. The lowest BCUT2D eigenvalue weighted by Crippen LogP contribution is -2.41. The zero-order chi connectivity index (χ0) is 19.6. The van der Waals surface area contributed by atoms with E-state index in [0.717, 1.165) is 48.0 Å². The molecule has 1 saturated heterocycles. The largest absolute Gasteiger partial charge is 0.361 e. The Morgan fingerprint density at radius 2 is 2.24 bits per heavy atom. The van der Waals surface area contributed by atoms with Crippen LogP contribution >= 0.6 is 11.3 Å². The third-order valence-corrected chi connectivity index (χ3v) is 6.28. The van der Waals surface area contributed by atoms with Crippen molar-refractivity contribution in [2.45, 2.75) is 25.7 Å². The Labute approximate surface area is 172 Å². The van der Waals surface area contributed by atoms with Crippen LogP contribution in [0.25, 0.3) is 22.3 Å². The highest BCUT2D eigenvalue weighted by atomic mass is 32.1. The number of nitrogens with zero attached hydrogens (tertiary/aromatic N) is 3. The van der Waals surface area contributed by atoms with Crippen molar-refractivity contribution in [1.82, 2.24) is 20.0 Å². The number of carbonyl (C=O) groups excluding carboxylic acids is 1. The van der Waals surface area contributed by atoms with Gasteiger partial charge in [-0.2, -0.15) is 16.3 Å². The SMILES string of the molecule is O=C(Cc1c[nH]c2ccccc12)N1CCCC(Cc2nc(-c3ccsc3)no2)C1. The number of para-hydroxylation sites is 1. The summed E-state index contributed by atoms with van der Waals surface area (Å²) in [6, 6.07) is 10.1. The topological polar surface area (TPSA) is 75.0 Å². The summed E-state index contributed by atoms with van der Waals surface area (Å²) in [5, 5.41) is 9.24. The molecule has 1 unspecified atom stereocenters. The molecule has 0 spiro atoms. The summed E-state index contributed by atoms with van der Waals surface area (Å²) in [5.41, 5.74) is 3.12. The Balaban J connectivity index is 1.23. The molecular formula is C22H22N4O2S. The van der Waals surface area contributed by atoms with Crippen LogP contribution in [0.1, 0.15) is 24.3 Å². The Morgan fingerprint density at radius 1 is 1.31 bits per heavy atom. The molecule has 0 bridgehead atoms. The van der Waals surface area contributed by atoms with E-state index in [-0.39, 0.29) is 5.91 Å². The van der Waals surface area contributed by atoms with Crippen molar-refractivity contribution in [2.75, 3.05) is 13.1 Å². The van der Waals surface area contributed by atoms with Gasteiger partial charge >= 0.3 is 0 Å². The number of hydrogen-bond donors (Lipinski definition) is 1. The number of fused-ring (bicyclic) bond motifs is 1. The molecule has 0 radical (unpaired) electrons. The molecule has 1 aromatic carbocycles. The van der Waals surface area contributed by atoms with Crippen LogP contribution in [0, 0.1) is 5.92 Å². The van der Waals surface area contributed by atoms with Gasteiger partial charge in [-0.05, 0) is 41.8 Å². The molecule has 4 heterocycles. The molecule has 1 N–H and O–H groups in total. The monoisotopic (exact) mass is 406 g/mol. The van der Waals surface area contributed by atoms with Gasteiger partial charge in [-0.1, -0.05) is 23.4 Å². The molecule has 148 valence electrons. The summed E-state index contributed by atoms with van der Waals surface area (Å²) in [4.78, 5) is 22.7. The zero-order valence-corrected chi connectivity index (χ0v) is 16.8. The number of aromatic amines is 1. The molecular weight excluding hydrogens is 384 g/mol. The molecule has 1 aliphatic heterocycles. The molecule has 29 heavy (non-hydrogen) atoms. The first kappa shape index (κ1) is 18.1. The molecule has 0 saturated carbocycles. The first-order chi connectivity index (χ1) is 14.3. The number of likely N-dealkylation sites (tertiary alicyclic amines) is 1. The quantitative estimate of drug-likeness (QED) is 0.536. The van der Waals surface area contributed by atoms with Crippen LogP contribution in [-0.2, 0) is 17.6 Å². The summed E-state index contributed by atoms with van der Waals surface area (Å²) in [6.07, 6.45) is 5.19. The van der Waals surface area contributed by atoms with Gasteiger partial charge in [0.1, 0.15) is 0 Å². The average Bonchev–Trinajstić information content (AvgIpc) is 3.49. The maximum atomic E-state index is 12.9. The highest BCUT2D eigenvalue weighted by molar-refractivity contribution is 7.08. The molecule has 6 nitrogen and oxygen atoms in total. The number of piperidine rings is 1. The van der Waals surface area contributed by atoms with Crippen LogP contribution in [0.3, 0.4) is 0 Å². The minimum absolute atomic E-state index is 0.184. The van der Waals surface area contributed by atoms with Gasteiger partial charge in [-0.15, -0.1) is 0 Å². The van der Waals surface area contributed by atoms with Crippen molar-refractivity contribution in [3.63, 3.8) is 0 Å². The number of carbonyl (C=O) groups is 1. The number of nitrogens with one attached hydrogen (secondary N) is 1. The second kappa shape index (κ2) is 7.83. The number of hydrogen-bond acceptors (Lipinski definition) is 5. The molecule has 4 aromatic rings. The minimum atomic E-state index is 0.184. The lowest BCUT2D eigenvalue weighted by Gasteiger charge is -2.32. The maximum Gasteiger partial charge on any atom is 0.227 e. The zero-order valence-electron chi connectivity index (χ0n) is 16.0. The van der Waals surface area contributed by atoms with E-state index >= 15 is 0 Å². The Kier molecular flexibility index (Phi) is 4.89. The Hall–Kier alpha value is -2.93. The van der Waals surface area contributed by atoms with Crippen LogP contribution in [0.15, 0.2) is 51.8 Å². The van der Waals surface area contributed by atoms with Gasteiger partial charge in [-0.25, -0.2) is 0 Å². The lowest BCUT2D eigenvalue weighted by molar-refractivity contribution is -0.132. The molecule has 0 aliphatic carbocycles. The number of aromatic nitrogens is 3. The van der Waals surface area contributed by atoms with Crippen LogP contribution in [-0.4, -0.2) is 39.0 Å². The van der Waals surface area contributed by atoms with Gasteiger partial charge in [0.25, 0.3) is 0 Å². The van der Waals surface area contributed by atoms with Gasteiger partial charge in [0.2, 0.25) is 17.6 Å². The smallest absolute Gasteiger partial charge is 0.227 e. The second-order valence-corrected chi connectivity index (χ2v) is 8.39. The fourth-order valence-electron chi connectivity index (χ4n) is 4.10. The fourth-order valence-corrected chi connectivity index (χ4v) is 4.74. The van der Waals surface area contributed by atoms with Crippen molar-refractivity contribution in [3.8, 4) is 11.4 Å². The predicted octanol–water partition coefficient (Wildman–Crippen LogP) is 4.30. The first-order valence-electron chi connectivity index (χ1n) is 9.94. The predicted molar refractivity (Wildman–Crippen MR) is 113 cm³/mol. The Morgan fingerprint density at radius 3 is 3.14 bits per heavy atom. The van der Waals surface area contributed by atoms with Gasteiger partial charge in [0.05, 0.1) is 6.42 Å². The van der Waals surface area contributed by atoms with Crippen molar-refractivity contribution in [2.24, 2.45) is 5.92 Å². The van der Waals surface area contributed by atoms with E-state index in [4.69, 9.17) is 4.52 Å². The summed E-state index contributed by atoms with van der Waals surface area (Å²) in [5.74, 6) is 1.84. The van der Waals surface area contributed by atoms with Gasteiger partial charge in [-0.3, -0.25) is 4.79 Å². The number of H-pyrrole nitrogens is 1. The van der Waals surface area contributed by atoms with Crippen molar-refractivity contribution < 1.29 is 9.32 Å². The van der Waals surface area contributed by atoms with Crippen molar-refractivity contribution >= 4 is 28.1 Å². The molecule has 1 atom stereocenters. The standard InChI is InChI=1S/C22H22N4O2S/c27-21(11-17-12-23-19-6-2-1-5-18(17)19)26-8-3-4-15(13-26)10-20-24-22(25-28-20)16-7-9-29-14-16/h1-2,5-7,9,12,14-15,23H,3-4,8,10-11,13H2. The molecule has 1 amide bonds. The van der Waals surface area contributed by atoms with E-state index in [2.05, 4.69) is 21.2 Å². The van der Waals surface area contributed by atoms with Crippen LogP contribution < -0.4 is 0 Å². The average molecular weight is 407 g/mol. The summed E-state index contributed by atoms with van der Waals surface area (Å²) >= 11 is 1.62. The van der Waals surface area contributed by atoms with Gasteiger partial charge in [0.15, 0.2) is 0 Å². The van der Waals surface area contributed by atoms with Crippen molar-refractivity contribution in [1.29, 1.82) is 0 Å². The van der Waals surface area contributed by atoms with Crippen LogP contribution in [0.4, 0.5) is 0 Å². The van der Waals surface area contributed by atoms with Crippen molar-refractivity contribution in [3.05, 3.63) is 58.7 Å². The van der Waals surface area contributed by atoms with Crippen LogP contribution in [0.5, 0.6) is 0 Å². The molecule has 3 aromatic heterocycles. The summed E-state index contributed by atoms with van der Waals surface area (Å²) < 4.78 is 5.46. The number of thiophene rings is 1. The summed E-state index contributed by atoms with van der Waals surface area (Å²) in [7, 11) is 0. The second-order valence-electron chi connectivity index (χ2n) is 7.61. The molecule has 1 aliphatic rings. The van der Waals surface area contributed by atoms with E-state index in [9.17, 15) is 4.79 Å². The molecule has 1 fully saturated rings. The van der Waals surface area contributed by atoms with Gasteiger partial charge < -0.3 is 14.4 Å². The van der Waals surface area contributed by atoms with E-state index in [1.54, 1.807) is 11.3 Å². The van der Waals surface area contributed by atoms with E-state index in [0.29, 0.717) is 30.5 Å². The first-order valence-corrected chi connectivity index (χ1v) is 10.9. The fraction of sp³-hybridized carbons (Fsp3) is 0.318. The van der Waals surface area contributed by atoms with E-state index in [1.807, 2.05) is 46.1 Å². The normalized spacial score (nSPS) is 17.1. The molecule has 5 rings (SSSR count). The number of amides is 1. The van der Waals surface area contributed by atoms with E-state index in [1.165, 1.54) is 0 Å². The number of rotatable bonds is 5. The Bertz CT molecular complexity index is 1110. The highest BCUT2D eigenvalue weighted by Gasteiger charge is 2.26. The number of benzene rings is 1. The van der Waals surface area contributed by atoms with Gasteiger partial charge in [0, 0.05) is 47.6 Å². The molecule has 7 heteroatoms. The van der Waals surface area contributed by atoms with E-state index < -0.39 is 0 Å². The maximum absolute atomic E-state index is 12.9. The highest BCUT2D eigenvalue weighted by Crippen LogP contribution is 2.24. The summed E-state index contributed by atoms with van der Waals surface area (Å²) in [6.45, 7) is 1.57.